The van der Waals surface area contributed by atoms with E-state index in [1.165, 1.54) is 5.56 Å². The maximum Gasteiger partial charge on any atom is 0.229 e. The lowest BCUT2D eigenvalue weighted by atomic mass is 9.92. The number of benzene rings is 2. The summed E-state index contributed by atoms with van der Waals surface area (Å²) in [6.45, 7) is 2.11. The molecule has 2 aromatic rings. The topological polar surface area (TPSA) is 17.1 Å². The van der Waals surface area contributed by atoms with E-state index in [0.717, 1.165) is 17.5 Å². The van der Waals surface area contributed by atoms with Gasteiger partial charge >= 0.3 is 0 Å². The van der Waals surface area contributed by atoms with Crippen molar-refractivity contribution in [2.75, 3.05) is 0 Å². The maximum atomic E-state index is 11.7. The lowest BCUT2D eigenvalue weighted by molar-refractivity contribution is -0.113. The van der Waals surface area contributed by atoms with Crippen molar-refractivity contribution in [2.24, 2.45) is 0 Å². The molecular weight excluding hydrogens is 291 g/mol. The van der Waals surface area contributed by atoms with Crippen LogP contribution in [0.25, 0.3) is 0 Å². The number of hydrogen-bond donors (Lipinski definition) is 0. The highest BCUT2D eigenvalue weighted by Gasteiger charge is 2.21. The van der Waals surface area contributed by atoms with Crippen molar-refractivity contribution in [2.45, 2.75) is 25.7 Å². The highest BCUT2D eigenvalue weighted by molar-refractivity contribution is 6.64. The molecule has 1 unspecified atom stereocenters. The summed E-state index contributed by atoms with van der Waals surface area (Å²) in [5.41, 5.74) is 3.15. The first-order valence-corrected chi connectivity index (χ1v) is 7.39. The average molecular weight is 307 g/mol. The molecule has 0 fully saturated rings. The Morgan fingerprint density at radius 1 is 1.05 bits per heavy atom. The fraction of sp³-hybridized carbons (Fsp3) is 0.235. The summed E-state index contributed by atoms with van der Waals surface area (Å²) in [6.07, 6.45) is 1.57. The van der Waals surface area contributed by atoms with Crippen LogP contribution in [-0.4, -0.2) is 5.24 Å². The number of halogens is 2. The van der Waals surface area contributed by atoms with Gasteiger partial charge in [-0.05, 0) is 47.2 Å². The molecular formula is C17H16Cl2O. The van der Waals surface area contributed by atoms with E-state index in [4.69, 9.17) is 23.2 Å². The van der Waals surface area contributed by atoms with Crippen molar-refractivity contribution in [3.8, 4) is 0 Å². The highest BCUT2D eigenvalue weighted by atomic mass is 35.5. The first kappa shape index (κ1) is 15.1. The van der Waals surface area contributed by atoms with E-state index in [1.807, 2.05) is 30.3 Å². The fourth-order valence-corrected chi connectivity index (χ4v) is 2.68. The molecule has 0 saturated heterocycles. The van der Waals surface area contributed by atoms with Gasteiger partial charge in [-0.15, -0.1) is 0 Å². The van der Waals surface area contributed by atoms with Gasteiger partial charge in [-0.2, -0.15) is 0 Å². The van der Waals surface area contributed by atoms with E-state index in [0.29, 0.717) is 11.4 Å². The van der Waals surface area contributed by atoms with Crippen LogP contribution >= 0.6 is 23.2 Å². The monoisotopic (exact) mass is 306 g/mol. The smallest absolute Gasteiger partial charge is 0.229 e. The van der Waals surface area contributed by atoms with Crippen LogP contribution in [0.15, 0.2) is 48.5 Å². The molecule has 0 N–H and O–H groups in total. The van der Waals surface area contributed by atoms with E-state index in [1.54, 1.807) is 6.07 Å². The third-order valence-electron chi connectivity index (χ3n) is 3.43. The predicted octanol–water partition coefficient (Wildman–Crippen LogP) is 4.99. The van der Waals surface area contributed by atoms with Gasteiger partial charge in [-0.25, -0.2) is 0 Å². The molecule has 0 aliphatic heterocycles. The van der Waals surface area contributed by atoms with Crippen molar-refractivity contribution in [3.05, 3.63) is 70.2 Å². The van der Waals surface area contributed by atoms with Crippen molar-refractivity contribution in [1.29, 1.82) is 0 Å². The average Bonchev–Trinajstić information content (AvgIpc) is 2.46. The molecule has 0 aliphatic carbocycles. The molecule has 0 spiro atoms. The summed E-state index contributed by atoms with van der Waals surface area (Å²) < 4.78 is 0. The molecule has 2 rings (SSSR count). The van der Waals surface area contributed by atoms with Gasteiger partial charge in [-0.3, -0.25) is 4.79 Å². The maximum absolute atomic E-state index is 11.7. The van der Waals surface area contributed by atoms with Crippen molar-refractivity contribution in [3.63, 3.8) is 0 Å². The van der Waals surface area contributed by atoms with E-state index in [-0.39, 0.29) is 5.24 Å². The Bertz CT molecular complexity index is 590. The minimum Gasteiger partial charge on any atom is -0.281 e. The molecule has 2 aromatic carbocycles. The molecule has 0 aliphatic rings. The summed E-state index contributed by atoms with van der Waals surface area (Å²) in [4.78, 5) is 11.7. The van der Waals surface area contributed by atoms with Crippen LogP contribution < -0.4 is 0 Å². The summed E-state index contributed by atoms with van der Waals surface area (Å²) in [5.74, 6) is -0.405. The molecule has 3 heteroatoms. The largest absolute Gasteiger partial charge is 0.281 e. The van der Waals surface area contributed by atoms with Crippen LogP contribution in [0.3, 0.4) is 0 Å². The summed E-state index contributed by atoms with van der Waals surface area (Å²) in [6, 6.07) is 15.6. The number of hydrogen-bond acceptors (Lipinski definition) is 1. The summed E-state index contributed by atoms with van der Waals surface area (Å²) in [7, 11) is 0. The molecule has 0 saturated carbocycles. The Morgan fingerprint density at radius 2 is 1.65 bits per heavy atom. The van der Waals surface area contributed by atoms with Gasteiger partial charge in [0.1, 0.15) is 0 Å². The number of rotatable bonds is 5. The van der Waals surface area contributed by atoms with E-state index >= 15 is 0 Å². The minimum atomic E-state index is -0.405. The van der Waals surface area contributed by atoms with Gasteiger partial charge in [0.25, 0.3) is 0 Å². The second kappa shape index (κ2) is 6.92. The van der Waals surface area contributed by atoms with Gasteiger partial charge in [0.2, 0.25) is 5.24 Å². The first-order valence-electron chi connectivity index (χ1n) is 6.63. The van der Waals surface area contributed by atoms with Gasteiger partial charge in [0.05, 0.1) is 5.92 Å². The predicted molar refractivity (Wildman–Crippen MR) is 84.6 cm³/mol. The Hall–Kier alpha value is -1.31. The van der Waals surface area contributed by atoms with Crippen LogP contribution in [0.1, 0.15) is 29.5 Å². The standard InChI is InChI=1S/C17H16Cl2O/c1-2-12-7-9-13(10-8-12)11-15(17(19)20)14-5-3-4-6-16(14)18/h3-10,15H,2,11H2,1H3. The molecule has 0 amide bonds. The number of carbonyl (C=O) groups excluding carboxylic acids is 1. The lowest BCUT2D eigenvalue weighted by Crippen LogP contribution is -2.10. The Balaban J connectivity index is 2.26. The van der Waals surface area contributed by atoms with Crippen molar-refractivity contribution >= 4 is 28.4 Å². The molecule has 0 aromatic heterocycles. The van der Waals surface area contributed by atoms with Crippen molar-refractivity contribution in [1.82, 2.24) is 0 Å². The number of aryl methyl sites for hydroxylation is 1. The zero-order valence-corrected chi connectivity index (χ0v) is 12.8. The molecule has 0 radical (unpaired) electrons. The van der Waals surface area contributed by atoms with Crippen LogP contribution in [0, 0.1) is 0 Å². The lowest BCUT2D eigenvalue weighted by Gasteiger charge is -2.15. The second-order valence-electron chi connectivity index (χ2n) is 4.75. The fourth-order valence-electron chi connectivity index (χ4n) is 2.22. The number of carbonyl (C=O) groups is 1. The SMILES string of the molecule is CCc1ccc(CC(C(=O)Cl)c2ccccc2Cl)cc1. The molecule has 1 atom stereocenters. The van der Waals surface area contributed by atoms with Crippen LogP contribution in [0.5, 0.6) is 0 Å². The molecule has 0 heterocycles. The van der Waals surface area contributed by atoms with Gasteiger partial charge < -0.3 is 0 Å². The van der Waals surface area contributed by atoms with Crippen LogP contribution in [0.4, 0.5) is 0 Å². The van der Waals surface area contributed by atoms with E-state index in [9.17, 15) is 4.79 Å². The molecule has 1 nitrogen and oxygen atoms in total. The minimum absolute atomic E-state index is 0.377. The zero-order chi connectivity index (χ0) is 14.5. The van der Waals surface area contributed by atoms with E-state index in [2.05, 4.69) is 19.1 Å². The quantitative estimate of drug-likeness (QED) is 0.711. The van der Waals surface area contributed by atoms with Crippen LogP contribution in [0.2, 0.25) is 5.02 Å². The Kier molecular flexibility index (Phi) is 5.22. The van der Waals surface area contributed by atoms with Gasteiger partial charge in [0.15, 0.2) is 0 Å². The zero-order valence-electron chi connectivity index (χ0n) is 11.3. The van der Waals surface area contributed by atoms with Gasteiger partial charge in [0, 0.05) is 5.02 Å². The van der Waals surface area contributed by atoms with Crippen molar-refractivity contribution < 1.29 is 4.79 Å². The highest BCUT2D eigenvalue weighted by Crippen LogP contribution is 2.29. The summed E-state index contributed by atoms with van der Waals surface area (Å²) >= 11 is 11.9. The normalized spacial score (nSPS) is 12.2. The molecule has 104 valence electrons. The van der Waals surface area contributed by atoms with E-state index < -0.39 is 5.92 Å². The molecule has 0 bridgehead atoms. The molecule has 20 heavy (non-hydrogen) atoms. The Morgan fingerprint density at radius 3 is 2.20 bits per heavy atom. The summed E-state index contributed by atoms with van der Waals surface area (Å²) in [5, 5.41) is 0.203. The third-order valence-corrected chi connectivity index (χ3v) is 4.03. The second-order valence-corrected chi connectivity index (χ2v) is 5.53. The van der Waals surface area contributed by atoms with Crippen LogP contribution in [-0.2, 0) is 17.6 Å². The third kappa shape index (κ3) is 3.62. The Labute approximate surface area is 129 Å². The first-order chi connectivity index (χ1) is 9.61. The van der Waals surface area contributed by atoms with Gasteiger partial charge in [-0.1, -0.05) is 61.0 Å².